The fourth-order valence-electron chi connectivity index (χ4n) is 4.17. The molecule has 0 unspecified atom stereocenters. The van der Waals surface area contributed by atoms with Crippen molar-refractivity contribution in [3.8, 4) is 11.5 Å². The van der Waals surface area contributed by atoms with E-state index >= 15 is 0 Å². The Bertz CT molecular complexity index is 1150. The maximum atomic E-state index is 13.4. The summed E-state index contributed by atoms with van der Waals surface area (Å²) in [6, 6.07) is 11.7. The number of rotatable bonds is 5. The highest BCUT2D eigenvalue weighted by molar-refractivity contribution is 6.03. The van der Waals surface area contributed by atoms with Gasteiger partial charge in [0.05, 0.1) is 11.8 Å². The monoisotopic (exact) mass is 463 g/mol. The first-order valence-corrected chi connectivity index (χ1v) is 11.6. The van der Waals surface area contributed by atoms with Gasteiger partial charge in [0.2, 0.25) is 12.7 Å². The van der Waals surface area contributed by atoms with Gasteiger partial charge < -0.3 is 14.4 Å². The standard InChI is InChI=1S/C27H33N3O4/c1-17-7-8-19(11-18(17)2)21-13-22(20-9-10-23-24(12-20)34-16-33-23)30(28-21)26(32)15-29(6)25(31)14-27(3,4)5/h7-12,22H,13-16H2,1-6H3/t22-/m0/s1. The smallest absolute Gasteiger partial charge is 0.262 e. The van der Waals surface area contributed by atoms with Crippen LogP contribution in [0, 0.1) is 19.3 Å². The third-order valence-corrected chi connectivity index (χ3v) is 6.27. The van der Waals surface area contributed by atoms with E-state index in [2.05, 4.69) is 26.0 Å². The van der Waals surface area contributed by atoms with Crippen molar-refractivity contribution < 1.29 is 19.1 Å². The van der Waals surface area contributed by atoms with Gasteiger partial charge in [0.25, 0.3) is 5.91 Å². The van der Waals surface area contributed by atoms with Gasteiger partial charge in [-0.05, 0) is 59.7 Å². The van der Waals surface area contributed by atoms with Gasteiger partial charge in [-0.1, -0.05) is 39.0 Å². The van der Waals surface area contributed by atoms with E-state index in [9.17, 15) is 9.59 Å². The highest BCUT2D eigenvalue weighted by atomic mass is 16.7. The molecule has 7 nitrogen and oxygen atoms in total. The Morgan fingerprint density at radius 3 is 2.50 bits per heavy atom. The van der Waals surface area contributed by atoms with Crippen LogP contribution in [-0.2, 0) is 9.59 Å². The summed E-state index contributed by atoms with van der Waals surface area (Å²) in [4.78, 5) is 27.5. The SMILES string of the molecule is Cc1ccc(C2=NN(C(=O)CN(C)C(=O)CC(C)(C)C)[C@H](c3ccc4c(c3)OCO4)C2)cc1C. The molecule has 4 rings (SSSR count). The second-order valence-corrected chi connectivity index (χ2v) is 10.4. The molecule has 2 aromatic carbocycles. The van der Waals surface area contributed by atoms with Crippen LogP contribution in [0.25, 0.3) is 0 Å². The summed E-state index contributed by atoms with van der Waals surface area (Å²) in [6.07, 6.45) is 0.951. The minimum Gasteiger partial charge on any atom is -0.454 e. The summed E-state index contributed by atoms with van der Waals surface area (Å²) in [5.74, 6) is 1.09. The molecule has 0 aliphatic carbocycles. The van der Waals surface area contributed by atoms with Gasteiger partial charge in [-0.2, -0.15) is 5.10 Å². The number of amides is 2. The third-order valence-electron chi connectivity index (χ3n) is 6.27. The predicted molar refractivity (Wildman–Crippen MR) is 131 cm³/mol. The largest absolute Gasteiger partial charge is 0.454 e. The van der Waals surface area contributed by atoms with Gasteiger partial charge in [0, 0.05) is 19.9 Å². The molecule has 1 atom stereocenters. The van der Waals surface area contributed by atoms with E-state index in [0.717, 1.165) is 16.8 Å². The molecule has 0 fully saturated rings. The molecular formula is C27H33N3O4. The molecule has 0 saturated carbocycles. The lowest BCUT2D eigenvalue weighted by Crippen LogP contribution is -2.40. The van der Waals surface area contributed by atoms with E-state index in [1.807, 2.05) is 45.0 Å². The van der Waals surface area contributed by atoms with Crippen molar-refractivity contribution in [2.45, 2.75) is 53.5 Å². The van der Waals surface area contributed by atoms with Crippen molar-refractivity contribution in [3.05, 3.63) is 58.7 Å². The number of fused-ring (bicyclic) bond motifs is 1. The van der Waals surface area contributed by atoms with Gasteiger partial charge in [-0.25, -0.2) is 5.01 Å². The van der Waals surface area contributed by atoms with Crippen molar-refractivity contribution in [2.24, 2.45) is 10.5 Å². The highest BCUT2D eigenvalue weighted by Gasteiger charge is 2.35. The van der Waals surface area contributed by atoms with Crippen LogP contribution in [-0.4, -0.2) is 47.8 Å². The molecule has 2 aliphatic heterocycles. The fraction of sp³-hybridized carbons (Fsp3) is 0.444. The number of hydrogen-bond donors (Lipinski definition) is 0. The van der Waals surface area contributed by atoms with E-state index in [0.29, 0.717) is 24.3 Å². The lowest BCUT2D eigenvalue weighted by atomic mass is 9.92. The van der Waals surface area contributed by atoms with E-state index in [1.165, 1.54) is 21.0 Å². The van der Waals surface area contributed by atoms with Crippen molar-refractivity contribution in [2.75, 3.05) is 20.4 Å². The number of hydrogen-bond acceptors (Lipinski definition) is 5. The van der Waals surface area contributed by atoms with Crippen LogP contribution < -0.4 is 9.47 Å². The van der Waals surface area contributed by atoms with Crippen molar-refractivity contribution in [1.29, 1.82) is 0 Å². The lowest BCUT2D eigenvalue weighted by molar-refractivity contribution is -0.141. The quantitative estimate of drug-likeness (QED) is 0.650. The number of nitrogens with zero attached hydrogens (tertiary/aromatic N) is 3. The van der Waals surface area contributed by atoms with E-state index < -0.39 is 0 Å². The van der Waals surface area contributed by atoms with Gasteiger partial charge in [0.15, 0.2) is 11.5 Å². The molecule has 0 radical (unpaired) electrons. The summed E-state index contributed by atoms with van der Waals surface area (Å²) >= 11 is 0. The summed E-state index contributed by atoms with van der Waals surface area (Å²) < 4.78 is 11.0. The first-order valence-electron chi connectivity index (χ1n) is 11.6. The second kappa shape index (κ2) is 9.12. The topological polar surface area (TPSA) is 71.4 Å². The molecule has 2 heterocycles. The number of hydrazone groups is 1. The molecule has 0 saturated heterocycles. The fourth-order valence-corrected chi connectivity index (χ4v) is 4.17. The molecule has 180 valence electrons. The van der Waals surface area contributed by atoms with Crippen molar-refractivity contribution >= 4 is 17.5 Å². The number of benzene rings is 2. The van der Waals surface area contributed by atoms with E-state index in [4.69, 9.17) is 14.6 Å². The minimum atomic E-state index is -0.287. The highest BCUT2D eigenvalue weighted by Crippen LogP contribution is 2.39. The van der Waals surface area contributed by atoms with Crippen molar-refractivity contribution in [3.63, 3.8) is 0 Å². The van der Waals surface area contributed by atoms with E-state index in [-0.39, 0.29) is 36.6 Å². The van der Waals surface area contributed by atoms with Crippen LogP contribution in [0.4, 0.5) is 0 Å². The number of carbonyl (C=O) groups is 2. The first kappa shape index (κ1) is 23.8. The van der Waals surface area contributed by atoms with Crippen LogP contribution in [0.15, 0.2) is 41.5 Å². The molecule has 0 N–H and O–H groups in total. The average molecular weight is 464 g/mol. The average Bonchev–Trinajstić information content (AvgIpc) is 3.41. The Morgan fingerprint density at radius 1 is 1.06 bits per heavy atom. The second-order valence-electron chi connectivity index (χ2n) is 10.4. The van der Waals surface area contributed by atoms with Crippen LogP contribution in [0.3, 0.4) is 0 Å². The predicted octanol–water partition coefficient (Wildman–Crippen LogP) is 4.60. The number of ether oxygens (including phenoxy) is 2. The van der Waals surface area contributed by atoms with Gasteiger partial charge >= 0.3 is 0 Å². The summed E-state index contributed by atoms with van der Waals surface area (Å²) in [5, 5.41) is 6.29. The number of carbonyl (C=O) groups excluding carboxylic acids is 2. The van der Waals surface area contributed by atoms with Crippen LogP contribution in [0.5, 0.6) is 11.5 Å². The van der Waals surface area contributed by atoms with Crippen LogP contribution in [0.2, 0.25) is 0 Å². The summed E-state index contributed by atoms with van der Waals surface area (Å²) in [5.41, 5.74) is 5.01. The van der Waals surface area contributed by atoms with Crippen LogP contribution >= 0.6 is 0 Å². The molecule has 0 spiro atoms. The van der Waals surface area contributed by atoms with Crippen LogP contribution in [0.1, 0.15) is 61.9 Å². The molecule has 0 aromatic heterocycles. The number of aryl methyl sites for hydroxylation is 2. The Kier molecular flexibility index (Phi) is 6.39. The minimum absolute atomic E-state index is 0.0281. The number of likely N-dealkylation sites (N-methyl/N-ethyl adjacent to an activating group) is 1. The first-order chi connectivity index (χ1) is 16.0. The van der Waals surface area contributed by atoms with Gasteiger partial charge in [-0.15, -0.1) is 0 Å². The Hall–Kier alpha value is -3.35. The molecule has 0 bridgehead atoms. The Labute approximate surface area is 201 Å². The van der Waals surface area contributed by atoms with Gasteiger partial charge in [0.1, 0.15) is 6.54 Å². The normalized spacial score (nSPS) is 17.1. The molecule has 2 aromatic rings. The summed E-state index contributed by atoms with van der Waals surface area (Å²) in [6.45, 7) is 10.3. The van der Waals surface area contributed by atoms with Gasteiger partial charge in [-0.3, -0.25) is 9.59 Å². The molecule has 34 heavy (non-hydrogen) atoms. The Balaban J connectivity index is 1.61. The maximum Gasteiger partial charge on any atom is 0.262 e. The summed E-state index contributed by atoms with van der Waals surface area (Å²) in [7, 11) is 1.67. The molecular weight excluding hydrogens is 430 g/mol. The molecule has 2 aliphatic rings. The molecule has 7 heteroatoms. The zero-order chi connectivity index (χ0) is 24.6. The zero-order valence-electron chi connectivity index (χ0n) is 20.8. The maximum absolute atomic E-state index is 13.4. The molecule has 2 amide bonds. The zero-order valence-corrected chi connectivity index (χ0v) is 20.8. The lowest BCUT2D eigenvalue weighted by Gasteiger charge is -2.26. The van der Waals surface area contributed by atoms with E-state index in [1.54, 1.807) is 7.05 Å². The van der Waals surface area contributed by atoms with Crippen molar-refractivity contribution in [1.82, 2.24) is 9.91 Å². The Morgan fingerprint density at radius 2 is 1.79 bits per heavy atom. The third kappa shape index (κ3) is 5.08.